The highest BCUT2D eigenvalue weighted by atomic mass is 16.1. The summed E-state index contributed by atoms with van der Waals surface area (Å²) in [5.41, 5.74) is 1.66. The Labute approximate surface area is 129 Å². The van der Waals surface area contributed by atoms with Crippen LogP contribution in [0.4, 0.5) is 0 Å². The number of hydrogen-bond acceptors (Lipinski definition) is 4. The van der Waals surface area contributed by atoms with Gasteiger partial charge in [0, 0.05) is 18.8 Å². The van der Waals surface area contributed by atoms with Crippen molar-refractivity contribution >= 4 is 5.91 Å². The lowest BCUT2D eigenvalue weighted by atomic mass is 9.87. The minimum atomic E-state index is 0.116. The maximum atomic E-state index is 12.0. The summed E-state index contributed by atoms with van der Waals surface area (Å²) in [6.45, 7) is 0.427. The molecule has 0 radical (unpaired) electrons. The first-order valence-electron chi connectivity index (χ1n) is 7.89. The van der Waals surface area contributed by atoms with Crippen LogP contribution in [0.25, 0.3) is 5.69 Å². The van der Waals surface area contributed by atoms with E-state index in [2.05, 4.69) is 20.6 Å². The first-order valence-corrected chi connectivity index (χ1v) is 7.89. The highest BCUT2D eigenvalue weighted by molar-refractivity contribution is 5.76. The standard InChI is InChI=1S/C16H21N5O/c22-16(10-13-4-2-1-3-5-13)18-11-14-12-21(20-19-14)15-6-8-17-9-7-15/h6-9,12-13H,1-5,10-11H2,(H,18,22). The van der Waals surface area contributed by atoms with Gasteiger partial charge in [0.25, 0.3) is 0 Å². The molecular formula is C16H21N5O. The molecule has 1 saturated carbocycles. The van der Waals surface area contributed by atoms with E-state index in [4.69, 9.17) is 0 Å². The molecular weight excluding hydrogens is 278 g/mol. The topological polar surface area (TPSA) is 72.7 Å². The van der Waals surface area contributed by atoms with Gasteiger partial charge in [-0.05, 0) is 30.9 Å². The number of amides is 1. The molecule has 0 spiro atoms. The fraction of sp³-hybridized carbons (Fsp3) is 0.500. The van der Waals surface area contributed by atoms with Crippen LogP contribution in [0.3, 0.4) is 0 Å². The van der Waals surface area contributed by atoms with Gasteiger partial charge in [0.1, 0.15) is 5.69 Å². The van der Waals surface area contributed by atoms with E-state index in [-0.39, 0.29) is 5.91 Å². The molecule has 1 aliphatic rings. The third kappa shape index (κ3) is 3.90. The minimum Gasteiger partial charge on any atom is -0.350 e. The quantitative estimate of drug-likeness (QED) is 0.919. The van der Waals surface area contributed by atoms with Crippen LogP contribution in [0.5, 0.6) is 0 Å². The molecule has 2 aromatic heterocycles. The Balaban J connectivity index is 1.49. The lowest BCUT2D eigenvalue weighted by molar-refractivity contribution is -0.122. The predicted molar refractivity (Wildman–Crippen MR) is 82.2 cm³/mol. The van der Waals surface area contributed by atoms with Gasteiger partial charge in [-0.3, -0.25) is 9.78 Å². The lowest BCUT2D eigenvalue weighted by Gasteiger charge is -2.20. The van der Waals surface area contributed by atoms with Crippen molar-refractivity contribution < 1.29 is 4.79 Å². The van der Waals surface area contributed by atoms with Crippen molar-refractivity contribution in [1.82, 2.24) is 25.3 Å². The molecule has 1 fully saturated rings. The van der Waals surface area contributed by atoms with Gasteiger partial charge in [-0.15, -0.1) is 5.10 Å². The largest absolute Gasteiger partial charge is 0.350 e. The maximum Gasteiger partial charge on any atom is 0.220 e. The molecule has 3 rings (SSSR count). The van der Waals surface area contributed by atoms with Crippen LogP contribution in [0.15, 0.2) is 30.7 Å². The van der Waals surface area contributed by atoms with Gasteiger partial charge >= 0.3 is 0 Å². The molecule has 1 aliphatic carbocycles. The zero-order valence-electron chi connectivity index (χ0n) is 12.6. The van der Waals surface area contributed by atoms with Crippen molar-refractivity contribution in [2.24, 2.45) is 5.92 Å². The van der Waals surface area contributed by atoms with E-state index in [1.54, 1.807) is 17.1 Å². The van der Waals surface area contributed by atoms with Crippen LogP contribution < -0.4 is 5.32 Å². The molecule has 0 aromatic carbocycles. The summed E-state index contributed by atoms with van der Waals surface area (Å²) in [6, 6.07) is 3.72. The van der Waals surface area contributed by atoms with E-state index in [0.717, 1.165) is 11.4 Å². The molecule has 0 bridgehead atoms. The number of aromatic nitrogens is 4. The van der Waals surface area contributed by atoms with Gasteiger partial charge in [0.2, 0.25) is 5.91 Å². The summed E-state index contributed by atoms with van der Waals surface area (Å²) in [6.07, 6.45) is 12.1. The second-order valence-electron chi connectivity index (χ2n) is 5.84. The molecule has 1 amide bonds. The summed E-state index contributed by atoms with van der Waals surface area (Å²) in [5, 5.41) is 11.1. The summed E-state index contributed by atoms with van der Waals surface area (Å²) in [5.74, 6) is 0.673. The van der Waals surface area contributed by atoms with Gasteiger partial charge in [0.05, 0.1) is 18.4 Å². The summed E-state index contributed by atoms with van der Waals surface area (Å²) in [4.78, 5) is 16.0. The monoisotopic (exact) mass is 299 g/mol. The molecule has 0 unspecified atom stereocenters. The molecule has 2 heterocycles. The van der Waals surface area contributed by atoms with Gasteiger partial charge in [-0.2, -0.15) is 0 Å². The molecule has 6 nitrogen and oxygen atoms in total. The Morgan fingerprint density at radius 3 is 2.77 bits per heavy atom. The van der Waals surface area contributed by atoms with E-state index in [0.29, 0.717) is 18.9 Å². The van der Waals surface area contributed by atoms with Gasteiger partial charge in [-0.25, -0.2) is 4.68 Å². The number of carbonyl (C=O) groups excluding carboxylic acids is 1. The van der Waals surface area contributed by atoms with Crippen molar-refractivity contribution in [2.45, 2.75) is 45.1 Å². The van der Waals surface area contributed by atoms with E-state index in [1.807, 2.05) is 18.3 Å². The molecule has 6 heteroatoms. The molecule has 0 aliphatic heterocycles. The second kappa shape index (κ2) is 7.15. The second-order valence-corrected chi connectivity index (χ2v) is 5.84. The SMILES string of the molecule is O=C(CC1CCCCC1)NCc1cn(-c2ccncc2)nn1. The molecule has 116 valence electrons. The fourth-order valence-corrected chi connectivity index (χ4v) is 2.92. The Bertz CT molecular complexity index is 604. The van der Waals surface area contributed by atoms with Crippen LogP contribution in [0.2, 0.25) is 0 Å². The number of hydrogen-bond donors (Lipinski definition) is 1. The summed E-state index contributed by atoms with van der Waals surface area (Å²) < 4.78 is 1.68. The Kier molecular flexibility index (Phi) is 4.78. The first-order chi connectivity index (χ1) is 10.8. The minimum absolute atomic E-state index is 0.116. The average Bonchev–Trinajstić information content (AvgIpc) is 3.04. The first kappa shape index (κ1) is 14.7. The van der Waals surface area contributed by atoms with Crippen molar-refractivity contribution in [1.29, 1.82) is 0 Å². The predicted octanol–water partition coefficient (Wildman–Crippen LogP) is 2.25. The Hall–Kier alpha value is -2.24. The highest BCUT2D eigenvalue weighted by Gasteiger charge is 2.17. The number of nitrogens with one attached hydrogen (secondary N) is 1. The normalized spacial score (nSPS) is 15.6. The smallest absolute Gasteiger partial charge is 0.220 e. The summed E-state index contributed by atoms with van der Waals surface area (Å²) >= 11 is 0. The van der Waals surface area contributed by atoms with Crippen LogP contribution in [-0.4, -0.2) is 25.9 Å². The Morgan fingerprint density at radius 2 is 2.00 bits per heavy atom. The lowest BCUT2D eigenvalue weighted by Crippen LogP contribution is -2.26. The molecule has 0 atom stereocenters. The van der Waals surface area contributed by atoms with Gasteiger partial charge < -0.3 is 5.32 Å². The van der Waals surface area contributed by atoms with Crippen molar-refractivity contribution in [3.8, 4) is 5.69 Å². The van der Waals surface area contributed by atoms with Crippen molar-refractivity contribution in [2.75, 3.05) is 0 Å². The fourth-order valence-electron chi connectivity index (χ4n) is 2.92. The van der Waals surface area contributed by atoms with Crippen LogP contribution in [0, 0.1) is 5.92 Å². The average molecular weight is 299 g/mol. The van der Waals surface area contributed by atoms with E-state index >= 15 is 0 Å². The zero-order valence-corrected chi connectivity index (χ0v) is 12.6. The molecule has 1 N–H and O–H groups in total. The van der Waals surface area contributed by atoms with Crippen LogP contribution in [-0.2, 0) is 11.3 Å². The van der Waals surface area contributed by atoms with Gasteiger partial charge in [-0.1, -0.05) is 24.5 Å². The Morgan fingerprint density at radius 1 is 1.23 bits per heavy atom. The zero-order chi connectivity index (χ0) is 15.2. The third-order valence-electron chi connectivity index (χ3n) is 4.13. The third-order valence-corrected chi connectivity index (χ3v) is 4.13. The van der Waals surface area contributed by atoms with E-state index in [9.17, 15) is 4.79 Å². The van der Waals surface area contributed by atoms with E-state index in [1.165, 1.54) is 32.1 Å². The number of carbonyl (C=O) groups is 1. The maximum absolute atomic E-state index is 12.0. The van der Waals surface area contributed by atoms with Crippen molar-refractivity contribution in [3.05, 3.63) is 36.4 Å². The van der Waals surface area contributed by atoms with Crippen molar-refractivity contribution in [3.63, 3.8) is 0 Å². The van der Waals surface area contributed by atoms with Gasteiger partial charge in [0.15, 0.2) is 0 Å². The number of nitrogens with zero attached hydrogens (tertiary/aromatic N) is 4. The molecule has 22 heavy (non-hydrogen) atoms. The number of pyridine rings is 1. The number of rotatable bonds is 5. The van der Waals surface area contributed by atoms with E-state index < -0.39 is 0 Å². The van der Waals surface area contributed by atoms with Crippen LogP contribution in [0.1, 0.15) is 44.2 Å². The van der Waals surface area contributed by atoms with Crippen LogP contribution >= 0.6 is 0 Å². The highest BCUT2D eigenvalue weighted by Crippen LogP contribution is 2.26. The molecule has 0 saturated heterocycles. The molecule has 2 aromatic rings. The summed E-state index contributed by atoms with van der Waals surface area (Å²) in [7, 11) is 0.